The third-order valence-corrected chi connectivity index (χ3v) is 2.01. The Labute approximate surface area is 78.9 Å². The van der Waals surface area contributed by atoms with Crippen LogP contribution in [0.25, 0.3) is 0 Å². The van der Waals surface area contributed by atoms with Crippen LogP contribution in [0, 0.1) is 18.8 Å². The first kappa shape index (κ1) is 9.82. The number of aromatic nitrogens is 2. The fourth-order valence-corrected chi connectivity index (χ4v) is 1.09. The van der Waals surface area contributed by atoms with Crippen LogP contribution in [-0.4, -0.2) is 9.78 Å². The summed E-state index contributed by atoms with van der Waals surface area (Å²) in [7, 11) is 1.91. The Morgan fingerprint density at radius 1 is 1.69 bits per heavy atom. The molecule has 1 aromatic heterocycles. The van der Waals surface area contributed by atoms with E-state index in [2.05, 4.69) is 16.9 Å². The topological polar surface area (TPSA) is 43.8 Å². The number of aryl methyl sites for hydroxylation is 2. The van der Waals surface area contributed by atoms with Crippen molar-refractivity contribution in [1.82, 2.24) is 9.78 Å². The average Bonchev–Trinajstić information content (AvgIpc) is 2.43. The highest BCUT2D eigenvalue weighted by molar-refractivity contribution is 5.14. The van der Waals surface area contributed by atoms with Crippen molar-refractivity contribution in [2.75, 3.05) is 0 Å². The van der Waals surface area contributed by atoms with E-state index in [4.69, 9.17) is 5.73 Å². The zero-order valence-corrected chi connectivity index (χ0v) is 8.33. The minimum atomic E-state index is -0.0626. The molecule has 0 saturated heterocycles. The highest BCUT2D eigenvalue weighted by Crippen LogP contribution is 2.12. The monoisotopic (exact) mass is 177 g/mol. The normalized spacial score (nSPS) is 12.0. The van der Waals surface area contributed by atoms with Crippen LogP contribution >= 0.6 is 0 Å². The van der Waals surface area contributed by atoms with Crippen molar-refractivity contribution in [3.05, 3.63) is 17.5 Å². The first-order valence-electron chi connectivity index (χ1n) is 4.31. The number of hydrogen-bond acceptors (Lipinski definition) is 2. The Balaban J connectivity index is 2.75. The Bertz CT molecular complexity index is 321. The molecule has 3 nitrogen and oxygen atoms in total. The van der Waals surface area contributed by atoms with E-state index in [9.17, 15) is 0 Å². The van der Waals surface area contributed by atoms with E-state index < -0.39 is 0 Å². The minimum absolute atomic E-state index is 0.0626. The molecule has 3 heteroatoms. The molecule has 0 radical (unpaired) electrons. The van der Waals surface area contributed by atoms with Gasteiger partial charge < -0.3 is 5.73 Å². The fourth-order valence-electron chi connectivity index (χ4n) is 1.09. The maximum atomic E-state index is 5.88. The van der Waals surface area contributed by atoms with E-state index in [0.717, 1.165) is 11.4 Å². The van der Waals surface area contributed by atoms with Gasteiger partial charge in [-0.1, -0.05) is 0 Å². The van der Waals surface area contributed by atoms with Crippen LogP contribution in [0.2, 0.25) is 0 Å². The highest BCUT2D eigenvalue weighted by Gasteiger charge is 2.08. The number of nitrogens with zero attached hydrogens (tertiary/aromatic N) is 2. The second kappa shape index (κ2) is 4.11. The van der Waals surface area contributed by atoms with Gasteiger partial charge in [-0.15, -0.1) is 11.8 Å². The second-order valence-corrected chi connectivity index (χ2v) is 3.07. The number of nitrogens with two attached hydrogens (primary N) is 1. The van der Waals surface area contributed by atoms with Crippen molar-refractivity contribution in [2.45, 2.75) is 26.3 Å². The van der Waals surface area contributed by atoms with E-state index in [0.29, 0.717) is 6.42 Å². The standard InChI is InChI=1S/C10H15N3/c1-4-5-6-9(11)10-7-8(2)13(3)12-10/h7,9H,6,11H2,1-3H3. The third kappa shape index (κ3) is 2.33. The molecule has 1 unspecified atom stereocenters. The molecular formula is C10H15N3. The molecule has 1 heterocycles. The van der Waals surface area contributed by atoms with Gasteiger partial charge in [-0.25, -0.2) is 0 Å². The first-order chi connectivity index (χ1) is 6.15. The molecule has 0 aliphatic heterocycles. The third-order valence-electron chi connectivity index (χ3n) is 2.01. The molecule has 0 amide bonds. The zero-order chi connectivity index (χ0) is 9.84. The van der Waals surface area contributed by atoms with Gasteiger partial charge in [0.2, 0.25) is 0 Å². The summed E-state index contributed by atoms with van der Waals surface area (Å²) in [6, 6.07) is 1.94. The van der Waals surface area contributed by atoms with Crippen LogP contribution < -0.4 is 5.73 Å². The van der Waals surface area contributed by atoms with Crippen molar-refractivity contribution >= 4 is 0 Å². The molecular weight excluding hydrogens is 162 g/mol. The molecule has 13 heavy (non-hydrogen) atoms. The summed E-state index contributed by atoms with van der Waals surface area (Å²) in [5, 5.41) is 4.29. The van der Waals surface area contributed by atoms with Crippen molar-refractivity contribution in [3.63, 3.8) is 0 Å². The fraction of sp³-hybridized carbons (Fsp3) is 0.500. The summed E-state index contributed by atoms with van der Waals surface area (Å²) in [6.45, 7) is 3.82. The lowest BCUT2D eigenvalue weighted by Crippen LogP contribution is -2.10. The Morgan fingerprint density at radius 2 is 2.38 bits per heavy atom. The summed E-state index contributed by atoms with van der Waals surface area (Å²) in [5.74, 6) is 5.78. The van der Waals surface area contributed by atoms with Gasteiger partial charge >= 0.3 is 0 Å². The van der Waals surface area contributed by atoms with Crippen molar-refractivity contribution in [1.29, 1.82) is 0 Å². The number of rotatable bonds is 2. The average molecular weight is 177 g/mol. The Kier molecular flexibility index (Phi) is 3.10. The van der Waals surface area contributed by atoms with Crippen LogP contribution in [0.1, 0.15) is 30.8 Å². The van der Waals surface area contributed by atoms with Crippen LogP contribution in [0.4, 0.5) is 0 Å². The molecule has 70 valence electrons. The maximum absolute atomic E-state index is 5.88. The summed E-state index contributed by atoms with van der Waals surface area (Å²) < 4.78 is 1.83. The minimum Gasteiger partial charge on any atom is -0.322 e. The van der Waals surface area contributed by atoms with Gasteiger partial charge in [0.1, 0.15) is 0 Å². The molecule has 1 rings (SSSR count). The molecule has 1 aromatic rings. The zero-order valence-electron chi connectivity index (χ0n) is 8.33. The van der Waals surface area contributed by atoms with Gasteiger partial charge in [0.15, 0.2) is 0 Å². The first-order valence-corrected chi connectivity index (χ1v) is 4.31. The lowest BCUT2D eigenvalue weighted by molar-refractivity contribution is 0.666. The molecule has 1 atom stereocenters. The van der Waals surface area contributed by atoms with E-state index in [1.807, 2.05) is 31.6 Å². The van der Waals surface area contributed by atoms with Gasteiger partial charge in [0.25, 0.3) is 0 Å². The SMILES string of the molecule is CC#CCC(N)c1cc(C)n(C)n1. The van der Waals surface area contributed by atoms with E-state index in [1.54, 1.807) is 0 Å². The quantitative estimate of drug-likeness (QED) is 0.688. The Hall–Kier alpha value is -1.27. The van der Waals surface area contributed by atoms with Gasteiger partial charge in [-0.05, 0) is 19.9 Å². The summed E-state index contributed by atoms with van der Waals surface area (Å²) in [4.78, 5) is 0. The van der Waals surface area contributed by atoms with E-state index >= 15 is 0 Å². The summed E-state index contributed by atoms with van der Waals surface area (Å²) in [6.07, 6.45) is 0.674. The summed E-state index contributed by atoms with van der Waals surface area (Å²) in [5.41, 5.74) is 7.92. The van der Waals surface area contributed by atoms with Crippen molar-refractivity contribution < 1.29 is 0 Å². The van der Waals surface area contributed by atoms with Gasteiger partial charge in [-0.3, -0.25) is 4.68 Å². The lowest BCUT2D eigenvalue weighted by Gasteiger charge is -2.02. The van der Waals surface area contributed by atoms with Gasteiger partial charge in [0.05, 0.1) is 11.7 Å². The second-order valence-electron chi connectivity index (χ2n) is 3.07. The summed E-state index contributed by atoms with van der Waals surface area (Å²) >= 11 is 0. The van der Waals surface area contributed by atoms with Crippen LogP contribution in [-0.2, 0) is 7.05 Å². The molecule has 0 aromatic carbocycles. The predicted octanol–water partition coefficient (Wildman–Crippen LogP) is 1.14. The van der Waals surface area contributed by atoms with Crippen LogP contribution in [0.5, 0.6) is 0 Å². The van der Waals surface area contributed by atoms with Crippen molar-refractivity contribution in [3.8, 4) is 11.8 Å². The van der Waals surface area contributed by atoms with E-state index in [1.165, 1.54) is 0 Å². The molecule has 0 spiro atoms. The number of hydrogen-bond donors (Lipinski definition) is 1. The Morgan fingerprint density at radius 3 is 2.85 bits per heavy atom. The molecule has 0 bridgehead atoms. The van der Waals surface area contributed by atoms with Gasteiger partial charge in [-0.2, -0.15) is 5.10 Å². The molecule has 0 saturated carbocycles. The molecule has 0 fully saturated rings. The van der Waals surface area contributed by atoms with E-state index in [-0.39, 0.29) is 6.04 Å². The van der Waals surface area contributed by atoms with Gasteiger partial charge in [0, 0.05) is 19.2 Å². The lowest BCUT2D eigenvalue weighted by atomic mass is 10.1. The van der Waals surface area contributed by atoms with Crippen LogP contribution in [0.15, 0.2) is 6.07 Å². The molecule has 2 N–H and O–H groups in total. The van der Waals surface area contributed by atoms with Crippen LogP contribution in [0.3, 0.4) is 0 Å². The smallest absolute Gasteiger partial charge is 0.0804 e. The highest BCUT2D eigenvalue weighted by atomic mass is 15.3. The predicted molar refractivity (Wildman–Crippen MR) is 52.9 cm³/mol. The van der Waals surface area contributed by atoms with Crippen molar-refractivity contribution in [2.24, 2.45) is 12.8 Å². The molecule has 0 aliphatic carbocycles. The maximum Gasteiger partial charge on any atom is 0.0804 e. The largest absolute Gasteiger partial charge is 0.322 e. The molecule has 0 aliphatic rings.